The molecule has 0 radical (unpaired) electrons. The zero-order valence-electron chi connectivity index (χ0n) is 10.6. The van der Waals surface area contributed by atoms with Gasteiger partial charge in [0.25, 0.3) is 0 Å². The third-order valence-electron chi connectivity index (χ3n) is 2.42. The van der Waals surface area contributed by atoms with E-state index in [0.29, 0.717) is 23.6 Å². The summed E-state index contributed by atoms with van der Waals surface area (Å²) in [6.07, 6.45) is -0.847. The van der Waals surface area contributed by atoms with Crippen LogP contribution in [0.15, 0.2) is 18.2 Å². The van der Waals surface area contributed by atoms with E-state index in [1.807, 2.05) is 6.92 Å². The molecule has 18 heavy (non-hydrogen) atoms. The number of anilines is 1. The quantitative estimate of drug-likeness (QED) is 0.633. The van der Waals surface area contributed by atoms with E-state index in [2.05, 4.69) is 5.32 Å². The molecule has 100 valence electrons. The smallest absolute Gasteiger partial charge is 0.159 e. The van der Waals surface area contributed by atoms with Crippen LogP contribution < -0.4 is 10.1 Å². The van der Waals surface area contributed by atoms with E-state index in [0.717, 1.165) is 0 Å². The molecule has 5 heteroatoms. The van der Waals surface area contributed by atoms with Crippen LogP contribution in [0.3, 0.4) is 0 Å². The van der Waals surface area contributed by atoms with Crippen LogP contribution in [0.2, 0.25) is 0 Å². The molecule has 1 rings (SSSR count). The highest BCUT2D eigenvalue weighted by Crippen LogP contribution is 2.26. The van der Waals surface area contributed by atoms with E-state index in [1.165, 1.54) is 6.92 Å². The number of rotatable bonds is 7. The SMILES string of the molecule is CCOc1ccc(C(C)=O)cc1NCC(O)CO. The average molecular weight is 253 g/mol. The molecular weight excluding hydrogens is 234 g/mol. The van der Waals surface area contributed by atoms with Gasteiger partial charge in [-0.25, -0.2) is 0 Å². The summed E-state index contributed by atoms with van der Waals surface area (Å²) in [7, 11) is 0. The Morgan fingerprint density at radius 2 is 2.22 bits per heavy atom. The number of ketones is 1. The number of hydrogen-bond acceptors (Lipinski definition) is 5. The zero-order chi connectivity index (χ0) is 13.5. The molecule has 1 atom stereocenters. The van der Waals surface area contributed by atoms with Gasteiger partial charge < -0.3 is 20.3 Å². The van der Waals surface area contributed by atoms with Crippen molar-refractivity contribution in [2.45, 2.75) is 20.0 Å². The molecule has 0 fully saturated rings. The van der Waals surface area contributed by atoms with Crippen LogP contribution in [0.25, 0.3) is 0 Å². The van der Waals surface area contributed by atoms with Crippen molar-refractivity contribution < 1.29 is 19.7 Å². The first kappa shape index (κ1) is 14.5. The molecule has 0 aliphatic heterocycles. The van der Waals surface area contributed by atoms with Crippen molar-refractivity contribution in [3.05, 3.63) is 23.8 Å². The molecule has 0 aromatic heterocycles. The van der Waals surface area contributed by atoms with Crippen LogP contribution in [0.1, 0.15) is 24.2 Å². The minimum Gasteiger partial charge on any atom is -0.492 e. The largest absolute Gasteiger partial charge is 0.492 e. The first-order valence-corrected chi connectivity index (χ1v) is 5.89. The number of carbonyl (C=O) groups excluding carboxylic acids is 1. The summed E-state index contributed by atoms with van der Waals surface area (Å²) in [5.41, 5.74) is 1.21. The molecule has 0 saturated carbocycles. The molecule has 0 amide bonds. The van der Waals surface area contributed by atoms with Crippen molar-refractivity contribution in [3.63, 3.8) is 0 Å². The van der Waals surface area contributed by atoms with Gasteiger partial charge in [0.15, 0.2) is 5.78 Å². The fourth-order valence-electron chi connectivity index (χ4n) is 1.46. The highest BCUT2D eigenvalue weighted by molar-refractivity contribution is 5.95. The summed E-state index contributed by atoms with van der Waals surface area (Å²) in [6, 6.07) is 5.09. The molecule has 0 aliphatic rings. The predicted octanol–water partition coefficient (Wildman–Crippen LogP) is 1.05. The topological polar surface area (TPSA) is 78.8 Å². The first-order valence-electron chi connectivity index (χ1n) is 5.89. The molecule has 1 unspecified atom stereocenters. The molecule has 0 saturated heterocycles. The molecule has 0 spiro atoms. The molecular formula is C13H19NO4. The van der Waals surface area contributed by atoms with Crippen molar-refractivity contribution in [1.82, 2.24) is 0 Å². The summed E-state index contributed by atoms with van der Waals surface area (Å²) in [4.78, 5) is 11.3. The van der Waals surface area contributed by atoms with E-state index >= 15 is 0 Å². The van der Waals surface area contributed by atoms with E-state index < -0.39 is 6.10 Å². The van der Waals surface area contributed by atoms with Gasteiger partial charge in [0, 0.05) is 12.1 Å². The molecule has 1 aromatic rings. The summed E-state index contributed by atoms with van der Waals surface area (Å²) >= 11 is 0. The van der Waals surface area contributed by atoms with E-state index in [9.17, 15) is 9.90 Å². The molecule has 0 aliphatic carbocycles. The number of Topliss-reactive ketones (excluding diaryl/α,β-unsaturated/α-hetero) is 1. The van der Waals surface area contributed by atoms with Gasteiger partial charge in [0.2, 0.25) is 0 Å². The Morgan fingerprint density at radius 3 is 2.78 bits per heavy atom. The van der Waals surface area contributed by atoms with Gasteiger partial charge in [-0.3, -0.25) is 4.79 Å². The van der Waals surface area contributed by atoms with Crippen molar-refractivity contribution in [2.75, 3.05) is 25.1 Å². The maximum atomic E-state index is 11.3. The fourth-order valence-corrected chi connectivity index (χ4v) is 1.46. The highest BCUT2D eigenvalue weighted by Gasteiger charge is 2.09. The van der Waals surface area contributed by atoms with Gasteiger partial charge in [-0.05, 0) is 32.0 Å². The van der Waals surface area contributed by atoms with Crippen LogP contribution in [0.4, 0.5) is 5.69 Å². The van der Waals surface area contributed by atoms with Crippen molar-refractivity contribution in [3.8, 4) is 5.75 Å². The highest BCUT2D eigenvalue weighted by atomic mass is 16.5. The van der Waals surface area contributed by atoms with Crippen LogP contribution in [0, 0.1) is 0 Å². The Labute approximate surface area is 106 Å². The lowest BCUT2D eigenvalue weighted by atomic mass is 10.1. The van der Waals surface area contributed by atoms with E-state index in [1.54, 1.807) is 18.2 Å². The van der Waals surface area contributed by atoms with Gasteiger partial charge >= 0.3 is 0 Å². The normalized spacial score (nSPS) is 12.0. The van der Waals surface area contributed by atoms with Crippen LogP contribution in [-0.4, -0.2) is 41.9 Å². The number of benzene rings is 1. The Balaban J connectivity index is 2.88. The predicted molar refractivity (Wildman–Crippen MR) is 69.2 cm³/mol. The second-order valence-electron chi connectivity index (χ2n) is 3.92. The van der Waals surface area contributed by atoms with Gasteiger partial charge in [-0.1, -0.05) is 0 Å². The standard InChI is InChI=1S/C13H19NO4/c1-3-18-13-5-4-10(9(2)16)6-12(13)14-7-11(17)8-15/h4-6,11,14-15,17H,3,7-8H2,1-2H3. The van der Waals surface area contributed by atoms with Gasteiger partial charge in [-0.15, -0.1) is 0 Å². The number of hydrogen-bond donors (Lipinski definition) is 3. The van der Waals surface area contributed by atoms with Gasteiger partial charge in [0.05, 0.1) is 25.0 Å². The van der Waals surface area contributed by atoms with Crippen molar-refractivity contribution in [2.24, 2.45) is 0 Å². The van der Waals surface area contributed by atoms with Crippen molar-refractivity contribution in [1.29, 1.82) is 0 Å². The monoisotopic (exact) mass is 253 g/mol. The summed E-state index contributed by atoms with van der Waals surface area (Å²) < 4.78 is 5.42. The fraction of sp³-hybridized carbons (Fsp3) is 0.462. The number of aliphatic hydroxyl groups is 2. The summed E-state index contributed by atoms with van der Waals surface area (Å²) in [5.74, 6) is 0.580. The lowest BCUT2D eigenvalue weighted by Crippen LogP contribution is -2.23. The lowest BCUT2D eigenvalue weighted by molar-refractivity contribution is 0.101. The third-order valence-corrected chi connectivity index (χ3v) is 2.42. The molecule has 5 nitrogen and oxygen atoms in total. The minimum absolute atomic E-state index is 0.0381. The summed E-state index contributed by atoms with van der Waals surface area (Å²) in [5, 5.41) is 21.0. The van der Waals surface area contributed by atoms with Crippen LogP contribution in [-0.2, 0) is 0 Å². The molecule has 0 heterocycles. The average Bonchev–Trinajstić information content (AvgIpc) is 2.37. The number of nitrogens with one attached hydrogen (secondary N) is 1. The maximum absolute atomic E-state index is 11.3. The van der Waals surface area contributed by atoms with Crippen LogP contribution in [0.5, 0.6) is 5.75 Å². The number of carbonyl (C=O) groups is 1. The van der Waals surface area contributed by atoms with Gasteiger partial charge in [-0.2, -0.15) is 0 Å². The molecule has 3 N–H and O–H groups in total. The number of ether oxygens (including phenoxy) is 1. The number of aliphatic hydroxyl groups excluding tert-OH is 2. The first-order chi connectivity index (χ1) is 8.58. The van der Waals surface area contributed by atoms with Crippen LogP contribution >= 0.6 is 0 Å². The van der Waals surface area contributed by atoms with E-state index in [-0.39, 0.29) is 18.9 Å². The summed E-state index contributed by atoms with van der Waals surface area (Å²) in [6.45, 7) is 3.74. The molecule has 0 bridgehead atoms. The Morgan fingerprint density at radius 1 is 1.50 bits per heavy atom. The Kier molecular flexibility index (Phi) is 5.61. The minimum atomic E-state index is -0.847. The van der Waals surface area contributed by atoms with Gasteiger partial charge in [0.1, 0.15) is 5.75 Å². The second kappa shape index (κ2) is 6.98. The Bertz CT molecular complexity index is 406. The lowest BCUT2D eigenvalue weighted by Gasteiger charge is -2.15. The third kappa shape index (κ3) is 4.01. The van der Waals surface area contributed by atoms with Crippen molar-refractivity contribution >= 4 is 11.5 Å². The molecule has 1 aromatic carbocycles. The maximum Gasteiger partial charge on any atom is 0.159 e. The Hall–Kier alpha value is -1.59. The second-order valence-corrected chi connectivity index (χ2v) is 3.92. The van der Waals surface area contributed by atoms with E-state index in [4.69, 9.17) is 9.84 Å². The zero-order valence-corrected chi connectivity index (χ0v) is 10.6.